The highest BCUT2D eigenvalue weighted by molar-refractivity contribution is 5.79. The number of carbonyl (C=O) groups excluding carboxylic acids is 1. The molecule has 0 aromatic carbocycles. The van der Waals surface area contributed by atoms with Crippen molar-refractivity contribution in [3.8, 4) is 0 Å². The predicted molar refractivity (Wildman–Crippen MR) is 89.5 cm³/mol. The molecule has 0 radical (unpaired) electrons. The van der Waals surface area contributed by atoms with Crippen molar-refractivity contribution in [2.45, 2.75) is 31.7 Å². The number of carbonyl (C=O) groups is 1. The van der Waals surface area contributed by atoms with E-state index >= 15 is 0 Å². The highest BCUT2D eigenvalue weighted by Crippen LogP contribution is 2.25. The summed E-state index contributed by atoms with van der Waals surface area (Å²) in [5.41, 5.74) is 6.76. The molecular weight excluding hydrogens is 306 g/mol. The van der Waals surface area contributed by atoms with Gasteiger partial charge in [-0.05, 0) is 31.4 Å². The zero-order chi connectivity index (χ0) is 16.5. The number of nitrogens with zero attached hydrogens (tertiary/aromatic N) is 6. The molecule has 128 valence electrons. The summed E-state index contributed by atoms with van der Waals surface area (Å²) in [5.74, 6) is 1.30. The number of anilines is 1. The highest BCUT2D eigenvalue weighted by Gasteiger charge is 2.31. The number of hydrogen-bond donors (Lipinski definition) is 1. The van der Waals surface area contributed by atoms with Crippen LogP contribution in [0.25, 0.3) is 5.65 Å². The molecule has 2 atom stereocenters. The van der Waals surface area contributed by atoms with Gasteiger partial charge in [0.2, 0.25) is 5.91 Å². The molecule has 1 saturated carbocycles. The van der Waals surface area contributed by atoms with Crippen LogP contribution < -0.4 is 10.6 Å². The van der Waals surface area contributed by atoms with Crippen LogP contribution >= 0.6 is 0 Å². The van der Waals surface area contributed by atoms with Crippen LogP contribution in [0.15, 0.2) is 18.5 Å². The molecule has 3 heterocycles. The second-order valence-electron chi connectivity index (χ2n) is 6.76. The molecule has 1 saturated heterocycles. The molecule has 8 nitrogen and oxygen atoms in total. The number of nitrogens with two attached hydrogens (primary N) is 1. The van der Waals surface area contributed by atoms with Crippen molar-refractivity contribution in [3.63, 3.8) is 0 Å². The van der Waals surface area contributed by atoms with Gasteiger partial charge in [-0.2, -0.15) is 4.52 Å². The van der Waals surface area contributed by atoms with Gasteiger partial charge in [-0.15, -0.1) is 15.3 Å². The SMILES string of the molecule is NC1CCCC(C(=O)N2CCN(c3ccc4nncn4n3)CC2)C1. The monoisotopic (exact) mass is 329 g/mol. The second kappa shape index (κ2) is 6.35. The Kier molecular flexibility index (Phi) is 4.05. The lowest BCUT2D eigenvalue weighted by molar-refractivity contribution is -0.137. The molecule has 2 aromatic rings. The highest BCUT2D eigenvalue weighted by atomic mass is 16.2. The van der Waals surface area contributed by atoms with E-state index in [0.717, 1.165) is 63.3 Å². The molecule has 4 rings (SSSR count). The van der Waals surface area contributed by atoms with Crippen LogP contribution in [0, 0.1) is 5.92 Å². The maximum Gasteiger partial charge on any atom is 0.225 e. The van der Waals surface area contributed by atoms with Crippen LogP contribution in [0.1, 0.15) is 25.7 Å². The summed E-state index contributed by atoms with van der Waals surface area (Å²) in [6.07, 6.45) is 5.55. The van der Waals surface area contributed by atoms with Crippen molar-refractivity contribution in [3.05, 3.63) is 18.5 Å². The fourth-order valence-electron chi connectivity index (χ4n) is 3.75. The van der Waals surface area contributed by atoms with Crippen molar-refractivity contribution in [2.24, 2.45) is 11.7 Å². The Bertz CT molecular complexity index is 722. The quantitative estimate of drug-likeness (QED) is 0.851. The van der Waals surface area contributed by atoms with Gasteiger partial charge in [0.05, 0.1) is 0 Å². The molecule has 2 fully saturated rings. The minimum atomic E-state index is 0.117. The van der Waals surface area contributed by atoms with Gasteiger partial charge in [0.25, 0.3) is 0 Å². The number of amides is 1. The molecule has 2 aliphatic rings. The first-order chi connectivity index (χ1) is 11.7. The van der Waals surface area contributed by atoms with Gasteiger partial charge < -0.3 is 15.5 Å². The zero-order valence-corrected chi connectivity index (χ0v) is 13.7. The Labute approximate surface area is 140 Å². The topological polar surface area (TPSA) is 92.7 Å². The largest absolute Gasteiger partial charge is 0.352 e. The summed E-state index contributed by atoms with van der Waals surface area (Å²) in [6, 6.07) is 4.06. The van der Waals surface area contributed by atoms with Crippen molar-refractivity contribution in [1.82, 2.24) is 24.7 Å². The van der Waals surface area contributed by atoms with E-state index in [0.29, 0.717) is 0 Å². The molecule has 1 aliphatic heterocycles. The number of rotatable bonds is 2. The molecule has 1 aliphatic carbocycles. The fraction of sp³-hybridized carbons (Fsp3) is 0.625. The first-order valence-corrected chi connectivity index (χ1v) is 8.67. The maximum absolute atomic E-state index is 12.7. The Morgan fingerprint density at radius 1 is 1.17 bits per heavy atom. The summed E-state index contributed by atoms with van der Waals surface area (Å²) in [7, 11) is 0. The Morgan fingerprint density at radius 2 is 2.00 bits per heavy atom. The first kappa shape index (κ1) is 15.3. The average molecular weight is 329 g/mol. The molecule has 0 bridgehead atoms. The lowest BCUT2D eigenvalue weighted by Gasteiger charge is -2.38. The van der Waals surface area contributed by atoms with Crippen LogP contribution in [0.4, 0.5) is 5.82 Å². The summed E-state index contributed by atoms with van der Waals surface area (Å²) in [6.45, 7) is 3.08. The predicted octanol–water partition coefficient (Wildman–Crippen LogP) is 0.290. The Hall–Kier alpha value is -2.22. The summed E-state index contributed by atoms with van der Waals surface area (Å²) in [5, 5.41) is 12.3. The van der Waals surface area contributed by atoms with Gasteiger partial charge in [0.1, 0.15) is 12.1 Å². The van der Waals surface area contributed by atoms with Crippen LogP contribution in [0.2, 0.25) is 0 Å². The molecule has 24 heavy (non-hydrogen) atoms. The van der Waals surface area contributed by atoms with E-state index in [2.05, 4.69) is 20.2 Å². The van der Waals surface area contributed by atoms with Gasteiger partial charge in [-0.25, -0.2) is 0 Å². The van der Waals surface area contributed by atoms with Crippen molar-refractivity contribution < 1.29 is 4.79 Å². The smallest absolute Gasteiger partial charge is 0.225 e. The standard InChI is InChI=1S/C16H23N7O/c17-13-3-1-2-12(10-13)16(24)22-8-6-21(7-9-22)15-5-4-14-19-18-11-23(14)20-15/h4-5,11-13H,1-3,6-10,17H2. The second-order valence-corrected chi connectivity index (χ2v) is 6.76. The third-order valence-corrected chi connectivity index (χ3v) is 5.13. The maximum atomic E-state index is 12.7. The van der Waals surface area contributed by atoms with Crippen molar-refractivity contribution in [2.75, 3.05) is 31.1 Å². The van der Waals surface area contributed by atoms with Gasteiger partial charge in [-0.1, -0.05) is 6.42 Å². The Balaban J connectivity index is 1.38. The lowest BCUT2D eigenvalue weighted by Crippen LogP contribution is -2.51. The van der Waals surface area contributed by atoms with E-state index < -0.39 is 0 Å². The van der Waals surface area contributed by atoms with E-state index in [1.54, 1.807) is 10.8 Å². The Morgan fingerprint density at radius 3 is 2.79 bits per heavy atom. The molecule has 8 heteroatoms. The van der Waals surface area contributed by atoms with Crippen LogP contribution in [-0.4, -0.2) is 62.8 Å². The number of fused-ring (bicyclic) bond motifs is 1. The normalized spacial score (nSPS) is 25.2. The third-order valence-electron chi connectivity index (χ3n) is 5.13. The third kappa shape index (κ3) is 2.93. The fourth-order valence-corrected chi connectivity index (χ4v) is 3.75. The van der Waals surface area contributed by atoms with E-state index in [4.69, 9.17) is 5.73 Å². The van der Waals surface area contributed by atoms with Gasteiger partial charge in [0.15, 0.2) is 5.65 Å². The molecule has 2 N–H and O–H groups in total. The zero-order valence-electron chi connectivity index (χ0n) is 13.7. The van der Waals surface area contributed by atoms with Crippen molar-refractivity contribution >= 4 is 17.4 Å². The van der Waals surface area contributed by atoms with E-state index in [-0.39, 0.29) is 17.9 Å². The minimum absolute atomic E-state index is 0.117. The minimum Gasteiger partial charge on any atom is -0.352 e. The van der Waals surface area contributed by atoms with E-state index in [1.807, 2.05) is 17.0 Å². The van der Waals surface area contributed by atoms with Gasteiger partial charge in [0, 0.05) is 38.1 Å². The molecular formula is C16H23N7O. The van der Waals surface area contributed by atoms with E-state index in [9.17, 15) is 4.79 Å². The van der Waals surface area contributed by atoms with Crippen LogP contribution in [0.5, 0.6) is 0 Å². The lowest BCUT2D eigenvalue weighted by atomic mass is 9.85. The van der Waals surface area contributed by atoms with Crippen molar-refractivity contribution in [1.29, 1.82) is 0 Å². The summed E-state index contributed by atoms with van der Waals surface area (Å²) in [4.78, 5) is 16.9. The first-order valence-electron chi connectivity index (χ1n) is 8.67. The average Bonchev–Trinajstić information content (AvgIpc) is 3.09. The summed E-state index contributed by atoms with van der Waals surface area (Å²) < 4.78 is 1.68. The molecule has 1 amide bonds. The molecule has 2 aromatic heterocycles. The van der Waals surface area contributed by atoms with Crippen LogP contribution in [0.3, 0.4) is 0 Å². The molecule has 0 spiro atoms. The number of aromatic nitrogens is 4. The number of hydrogen-bond acceptors (Lipinski definition) is 6. The number of piperazine rings is 1. The van der Waals surface area contributed by atoms with Gasteiger partial charge in [-0.3, -0.25) is 4.79 Å². The van der Waals surface area contributed by atoms with E-state index in [1.165, 1.54) is 0 Å². The van der Waals surface area contributed by atoms with Crippen LogP contribution in [-0.2, 0) is 4.79 Å². The molecule has 2 unspecified atom stereocenters. The summed E-state index contributed by atoms with van der Waals surface area (Å²) >= 11 is 0. The van der Waals surface area contributed by atoms with Gasteiger partial charge >= 0.3 is 0 Å².